The van der Waals surface area contributed by atoms with Crippen molar-refractivity contribution in [2.75, 3.05) is 5.33 Å². The van der Waals surface area contributed by atoms with E-state index in [0.29, 0.717) is 0 Å². The molecule has 0 nitrogen and oxygen atoms in total. The predicted molar refractivity (Wildman–Crippen MR) is 79.7 cm³/mol. The standard InChI is InChI=1S/C13H18BrI/c14-11-5-3-1-2-4-6-12-7-9-13(15)10-8-12/h7-10H,1-6,11H2. The van der Waals surface area contributed by atoms with Crippen molar-refractivity contribution in [3.05, 3.63) is 33.4 Å². The van der Waals surface area contributed by atoms with Crippen molar-refractivity contribution in [3.8, 4) is 0 Å². The van der Waals surface area contributed by atoms with Gasteiger partial charge in [0, 0.05) is 8.90 Å². The van der Waals surface area contributed by atoms with E-state index in [0.717, 1.165) is 5.33 Å². The molecule has 0 spiro atoms. The number of unbranched alkanes of at least 4 members (excludes halogenated alkanes) is 4. The predicted octanol–water partition coefficient (Wildman–Crippen LogP) is 5.18. The molecule has 0 saturated carbocycles. The monoisotopic (exact) mass is 380 g/mol. The Labute approximate surface area is 115 Å². The van der Waals surface area contributed by atoms with Gasteiger partial charge in [0.05, 0.1) is 0 Å². The van der Waals surface area contributed by atoms with Gasteiger partial charge in [-0.15, -0.1) is 0 Å². The Hall–Kier alpha value is 0.430. The maximum Gasteiger partial charge on any atom is 0.0130 e. The summed E-state index contributed by atoms with van der Waals surface area (Å²) < 4.78 is 1.33. The molecule has 1 rings (SSSR count). The average Bonchev–Trinajstić information content (AvgIpc) is 2.26. The summed E-state index contributed by atoms with van der Waals surface area (Å²) in [5, 5.41) is 1.16. The molecule has 0 aromatic heterocycles. The lowest BCUT2D eigenvalue weighted by atomic mass is 10.1. The number of halogens is 2. The Bertz CT molecular complexity index is 256. The number of aryl methyl sites for hydroxylation is 1. The molecule has 1 aromatic carbocycles. The highest BCUT2D eigenvalue weighted by atomic mass is 127. The molecule has 0 saturated heterocycles. The van der Waals surface area contributed by atoms with Gasteiger partial charge in [-0.3, -0.25) is 0 Å². The normalized spacial score (nSPS) is 10.5. The third kappa shape index (κ3) is 6.56. The molecule has 1 aromatic rings. The highest BCUT2D eigenvalue weighted by Gasteiger charge is 1.94. The van der Waals surface area contributed by atoms with Gasteiger partial charge >= 0.3 is 0 Å². The third-order valence-corrected chi connectivity index (χ3v) is 3.79. The Kier molecular flexibility index (Phi) is 7.71. The molecule has 2 heteroatoms. The summed E-state index contributed by atoms with van der Waals surface area (Å²) in [6, 6.07) is 8.89. The minimum absolute atomic E-state index is 1.16. The van der Waals surface area contributed by atoms with Gasteiger partial charge in [0.2, 0.25) is 0 Å². The van der Waals surface area contributed by atoms with Crippen LogP contribution in [0, 0.1) is 3.57 Å². The summed E-state index contributed by atoms with van der Waals surface area (Å²) >= 11 is 5.81. The zero-order chi connectivity index (χ0) is 10.9. The van der Waals surface area contributed by atoms with Gasteiger partial charge in [-0.1, -0.05) is 47.3 Å². The van der Waals surface area contributed by atoms with Crippen LogP contribution in [0.4, 0.5) is 0 Å². The Balaban J connectivity index is 2.07. The Morgan fingerprint density at radius 1 is 0.867 bits per heavy atom. The molecule has 15 heavy (non-hydrogen) atoms. The number of alkyl halides is 1. The van der Waals surface area contributed by atoms with E-state index in [1.807, 2.05) is 0 Å². The van der Waals surface area contributed by atoms with E-state index >= 15 is 0 Å². The van der Waals surface area contributed by atoms with Crippen LogP contribution >= 0.6 is 38.5 Å². The maximum absolute atomic E-state index is 3.46. The first-order valence-electron chi connectivity index (χ1n) is 5.63. The fourth-order valence-corrected chi connectivity index (χ4v) is 2.36. The molecule has 0 bridgehead atoms. The van der Waals surface area contributed by atoms with Crippen LogP contribution in [0.15, 0.2) is 24.3 Å². The minimum atomic E-state index is 1.16. The summed E-state index contributed by atoms with van der Waals surface area (Å²) in [5.41, 5.74) is 1.48. The summed E-state index contributed by atoms with van der Waals surface area (Å²) in [6.07, 6.45) is 8.03. The summed E-state index contributed by atoms with van der Waals surface area (Å²) in [6.45, 7) is 0. The Morgan fingerprint density at radius 2 is 1.47 bits per heavy atom. The largest absolute Gasteiger partial charge is 0.0928 e. The summed E-state index contributed by atoms with van der Waals surface area (Å²) in [4.78, 5) is 0. The average molecular weight is 381 g/mol. The van der Waals surface area contributed by atoms with E-state index in [1.54, 1.807) is 0 Å². The van der Waals surface area contributed by atoms with Gasteiger partial charge in [-0.2, -0.15) is 0 Å². The van der Waals surface area contributed by atoms with Crippen LogP contribution in [-0.4, -0.2) is 5.33 Å². The van der Waals surface area contributed by atoms with Crippen molar-refractivity contribution < 1.29 is 0 Å². The van der Waals surface area contributed by atoms with E-state index in [4.69, 9.17) is 0 Å². The first kappa shape index (κ1) is 13.5. The summed E-state index contributed by atoms with van der Waals surface area (Å²) in [7, 11) is 0. The first-order chi connectivity index (χ1) is 7.33. The second kappa shape index (κ2) is 8.57. The van der Waals surface area contributed by atoms with E-state index in [1.165, 1.54) is 47.7 Å². The van der Waals surface area contributed by atoms with Crippen LogP contribution in [0.25, 0.3) is 0 Å². The van der Waals surface area contributed by atoms with Gasteiger partial charge < -0.3 is 0 Å². The molecule has 0 atom stereocenters. The molecule has 0 unspecified atom stereocenters. The number of benzene rings is 1. The molecule has 84 valence electrons. The van der Waals surface area contributed by atoms with Gasteiger partial charge in [0.15, 0.2) is 0 Å². The second-order valence-corrected chi connectivity index (χ2v) is 5.87. The van der Waals surface area contributed by atoms with Crippen molar-refractivity contribution in [1.82, 2.24) is 0 Å². The minimum Gasteiger partial charge on any atom is -0.0928 e. The molecule has 0 fully saturated rings. The van der Waals surface area contributed by atoms with Gasteiger partial charge in [-0.25, -0.2) is 0 Å². The summed E-state index contributed by atoms with van der Waals surface area (Å²) in [5.74, 6) is 0. The number of rotatable bonds is 7. The quantitative estimate of drug-likeness (QED) is 0.347. The van der Waals surface area contributed by atoms with E-state index in [-0.39, 0.29) is 0 Å². The lowest BCUT2D eigenvalue weighted by molar-refractivity contribution is 0.635. The van der Waals surface area contributed by atoms with Crippen LogP contribution < -0.4 is 0 Å². The lowest BCUT2D eigenvalue weighted by Gasteiger charge is -2.01. The van der Waals surface area contributed by atoms with Crippen LogP contribution in [0.1, 0.15) is 37.7 Å². The molecular weight excluding hydrogens is 363 g/mol. The molecular formula is C13H18BrI. The third-order valence-electron chi connectivity index (χ3n) is 2.51. The molecule has 0 radical (unpaired) electrons. The van der Waals surface area contributed by atoms with Crippen molar-refractivity contribution >= 4 is 38.5 Å². The van der Waals surface area contributed by atoms with Crippen molar-refractivity contribution in [1.29, 1.82) is 0 Å². The van der Waals surface area contributed by atoms with Crippen LogP contribution in [0.3, 0.4) is 0 Å². The van der Waals surface area contributed by atoms with Crippen LogP contribution in [0.5, 0.6) is 0 Å². The van der Waals surface area contributed by atoms with Crippen molar-refractivity contribution in [2.24, 2.45) is 0 Å². The van der Waals surface area contributed by atoms with Crippen molar-refractivity contribution in [3.63, 3.8) is 0 Å². The highest BCUT2D eigenvalue weighted by molar-refractivity contribution is 14.1. The van der Waals surface area contributed by atoms with Crippen LogP contribution in [-0.2, 0) is 6.42 Å². The van der Waals surface area contributed by atoms with Gasteiger partial charge in [-0.05, 0) is 59.5 Å². The van der Waals surface area contributed by atoms with Crippen LogP contribution in [0.2, 0.25) is 0 Å². The van der Waals surface area contributed by atoms with Crippen molar-refractivity contribution in [2.45, 2.75) is 38.5 Å². The van der Waals surface area contributed by atoms with E-state index < -0.39 is 0 Å². The SMILES string of the molecule is BrCCCCCCCc1ccc(I)cc1. The van der Waals surface area contributed by atoms with E-state index in [2.05, 4.69) is 62.8 Å². The molecule has 0 heterocycles. The lowest BCUT2D eigenvalue weighted by Crippen LogP contribution is -1.86. The zero-order valence-electron chi connectivity index (χ0n) is 9.02. The molecule has 0 amide bonds. The highest BCUT2D eigenvalue weighted by Crippen LogP contribution is 2.11. The number of hydrogen-bond acceptors (Lipinski definition) is 0. The fourth-order valence-electron chi connectivity index (χ4n) is 1.61. The molecule has 0 aliphatic carbocycles. The second-order valence-electron chi connectivity index (χ2n) is 3.83. The molecule has 0 N–H and O–H groups in total. The maximum atomic E-state index is 3.46. The molecule has 0 aliphatic rings. The fraction of sp³-hybridized carbons (Fsp3) is 0.538. The van der Waals surface area contributed by atoms with Gasteiger partial charge in [0.1, 0.15) is 0 Å². The Morgan fingerprint density at radius 3 is 2.13 bits per heavy atom. The smallest absolute Gasteiger partial charge is 0.0130 e. The van der Waals surface area contributed by atoms with Gasteiger partial charge in [0.25, 0.3) is 0 Å². The number of hydrogen-bond donors (Lipinski definition) is 0. The zero-order valence-corrected chi connectivity index (χ0v) is 12.8. The topological polar surface area (TPSA) is 0 Å². The van der Waals surface area contributed by atoms with E-state index in [9.17, 15) is 0 Å². The molecule has 0 aliphatic heterocycles. The first-order valence-corrected chi connectivity index (χ1v) is 7.83.